The van der Waals surface area contributed by atoms with Crippen molar-refractivity contribution >= 4 is 27.5 Å². The third-order valence-corrected chi connectivity index (χ3v) is 5.13. The van der Waals surface area contributed by atoms with Crippen molar-refractivity contribution in [2.24, 2.45) is 12.0 Å². The van der Waals surface area contributed by atoms with Crippen molar-refractivity contribution in [2.75, 3.05) is 6.61 Å². The largest absolute Gasteiger partial charge is 0.494 e. The van der Waals surface area contributed by atoms with Crippen LogP contribution in [0.2, 0.25) is 0 Å². The second-order valence-electron chi connectivity index (χ2n) is 5.72. The lowest BCUT2D eigenvalue weighted by atomic mass is 10.1. The summed E-state index contributed by atoms with van der Waals surface area (Å²) in [6.07, 6.45) is 0. The second-order valence-corrected chi connectivity index (χ2v) is 6.73. The van der Waals surface area contributed by atoms with Gasteiger partial charge in [-0.3, -0.25) is 4.79 Å². The van der Waals surface area contributed by atoms with Crippen molar-refractivity contribution in [1.82, 2.24) is 4.57 Å². The van der Waals surface area contributed by atoms with Crippen LogP contribution in [0.3, 0.4) is 0 Å². The van der Waals surface area contributed by atoms with Crippen molar-refractivity contribution in [3.05, 3.63) is 57.9 Å². The lowest BCUT2D eigenvalue weighted by molar-refractivity contribution is 0.0998. The Labute approximate surface area is 145 Å². The van der Waals surface area contributed by atoms with Crippen LogP contribution in [-0.2, 0) is 7.05 Å². The van der Waals surface area contributed by atoms with E-state index in [4.69, 9.17) is 4.74 Å². The number of fused-ring (bicyclic) bond motifs is 1. The molecule has 4 nitrogen and oxygen atoms in total. The van der Waals surface area contributed by atoms with Gasteiger partial charge in [-0.15, -0.1) is 0 Å². The number of benzene rings is 2. The van der Waals surface area contributed by atoms with E-state index in [1.54, 1.807) is 24.3 Å². The molecule has 0 bridgehead atoms. The molecule has 5 heteroatoms. The molecule has 3 aromatic rings. The average molecular weight is 340 g/mol. The number of carbonyl (C=O) groups excluding carboxylic acids is 1. The van der Waals surface area contributed by atoms with Crippen LogP contribution in [0.25, 0.3) is 10.2 Å². The van der Waals surface area contributed by atoms with E-state index in [9.17, 15) is 4.79 Å². The van der Waals surface area contributed by atoms with Gasteiger partial charge in [0.1, 0.15) is 5.75 Å². The van der Waals surface area contributed by atoms with Crippen LogP contribution < -0.4 is 9.54 Å². The van der Waals surface area contributed by atoms with Gasteiger partial charge in [0.15, 0.2) is 4.80 Å². The number of nitrogens with zero attached hydrogens (tertiary/aromatic N) is 2. The molecule has 3 rings (SSSR count). The Morgan fingerprint density at radius 3 is 2.50 bits per heavy atom. The monoisotopic (exact) mass is 340 g/mol. The summed E-state index contributed by atoms with van der Waals surface area (Å²) in [6, 6.07) is 11.4. The number of hydrogen-bond acceptors (Lipinski definition) is 3. The minimum Gasteiger partial charge on any atom is -0.494 e. The Morgan fingerprint density at radius 2 is 1.83 bits per heavy atom. The van der Waals surface area contributed by atoms with E-state index in [0.29, 0.717) is 17.0 Å². The van der Waals surface area contributed by atoms with Crippen LogP contribution in [0, 0.1) is 13.8 Å². The van der Waals surface area contributed by atoms with Gasteiger partial charge in [0.25, 0.3) is 5.91 Å². The van der Waals surface area contributed by atoms with Crippen molar-refractivity contribution in [2.45, 2.75) is 20.8 Å². The molecule has 2 aromatic carbocycles. The van der Waals surface area contributed by atoms with E-state index in [0.717, 1.165) is 16.0 Å². The first kappa shape index (κ1) is 16.5. The summed E-state index contributed by atoms with van der Waals surface area (Å²) in [4.78, 5) is 17.4. The molecule has 0 aliphatic heterocycles. The molecular weight excluding hydrogens is 320 g/mol. The molecule has 0 spiro atoms. The van der Waals surface area contributed by atoms with E-state index in [-0.39, 0.29) is 5.91 Å². The Balaban J connectivity index is 1.99. The first-order valence-electron chi connectivity index (χ1n) is 7.88. The van der Waals surface area contributed by atoms with Gasteiger partial charge in [-0.05, 0) is 68.3 Å². The normalized spacial score (nSPS) is 11.9. The molecule has 0 fully saturated rings. The van der Waals surface area contributed by atoms with Gasteiger partial charge in [-0.25, -0.2) is 0 Å². The predicted octanol–water partition coefficient (Wildman–Crippen LogP) is 4.00. The average Bonchev–Trinajstić information content (AvgIpc) is 2.85. The number of rotatable bonds is 3. The highest BCUT2D eigenvalue weighted by molar-refractivity contribution is 7.16. The van der Waals surface area contributed by atoms with Crippen LogP contribution in [-0.4, -0.2) is 17.1 Å². The van der Waals surface area contributed by atoms with Crippen LogP contribution in [0.15, 0.2) is 41.4 Å². The number of hydrogen-bond donors (Lipinski definition) is 0. The Hall–Kier alpha value is -2.40. The highest BCUT2D eigenvalue weighted by atomic mass is 32.1. The number of carbonyl (C=O) groups is 1. The molecular formula is C19H20N2O2S. The maximum Gasteiger partial charge on any atom is 0.279 e. The zero-order valence-corrected chi connectivity index (χ0v) is 15.1. The summed E-state index contributed by atoms with van der Waals surface area (Å²) in [5.41, 5.74) is 4.14. The highest BCUT2D eigenvalue weighted by Crippen LogP contribution is 2.21. The first-order chi connectivity index (χ1) is 11.5. The van der Waals surface area contributed by atoms with Gasteiger partial charge in [0.2, 0.25) is 0 Å². The quantitative estimate of drug-likeness (QED) is 0.723. The fourth-order valence-corrected chi connectivity index (χ4v) is 3.59. The van der Waals surface area contributed by atoms with Gasteiger partial charge in [0.05, 0.1) is 16.8 Å². The molecule has 0 N–H and O–H groups in total. The van der Waals surface area contributed by atoms with Crippen LogP contribution in [0.5, 0.6) is 5.75 Å². The summed E-state index contributed by atoms with van der Waals surface area (Å²) >= 11 is 1.53. The highest BCUT2D eigenvalue weighted by Gasteiger charge is 2.08. The van der Waals surface area contributed by atoms with E-state index in [2.05, 4.69) is 31.0 Å². The standard InChI is InChI=1S/C19H20N2O2S/c1-5-23-15-8-6-14(7-9-15)18(22)20-19-21(4)16-10-12(2)13(3)11-17(16)24-19/h6-11H,5H2,1-4H3. The molecule has 1 aromatic heterocycles. The lowest BCUT2D eigenvalue weighted by Crippen LogP contribution is -2.13. The Bertz CT molecular complexity index is 965. The lowest BCUT2D eigenvalue weighted by Gasteiger charge is -2.02. The molecule has 0 radical (unpaired) electrons. The van der Waals surface area contributed by atoms with Crippen molar-refractivity contribution in [1.29, 1.82) is 0 Å². The maximum atomic E-state index is 12.4. The molecule has 0 saturated carbocycles. The summed E-state index contributed by atoms with van der Waals surface area (Å²) in [6.45, 7) is 6.72. The predicted molar refractivity (Wildman–Crippen MR) is 97.8 cm³/mol. The SMILES string of the molecule is CCOc1ccc(C(=O)N=c2sc3cc(C)c(C)cc3n2C)cc1. The Morgan fingerprint density at radius 1 is 1.17 bits per heavy atom. The van der Waals surface area contributed by atoms with E-state index < -0.39 is 0 Å². The topological polar surface area (TPSA) is 43.6 Å². The molecule has 0 saturated heterocycles. The van der Waals surface area contributed by atoms with Gasteiger partial charge in [0, 0.05) is 12.6 Å². The summed E-state index contributed by atoms with van der Waals surface area (Å²) < 4.78 is 8.51. The van der Waals surface area contributed by atoms with Gasteiger partial charge in [-0.2, -0.15) is 4.99 Å². The molecule has 0 aliphatic rings. The molecule has 0 aliphatic carbocycles. The first-order valence-corrected chi connectivity index (χ1v) is 8.70. The van der Waals surface area contributed by atoms with Gasteiger partial charge in [-0.1, -0.05) is 11.3 Å². The van der Waals surface area contributed by atoms with Crippen LogP contribution in [0.1, 0.15) is 28.4 Å². The molecule has 24 heavy (non-hydrogen) atoms. The van der Waals surface area contributed by atoms with Crippen molar-refractivity contribution in [3.63, 3.8) is 0 Å². The molecule has 124 valence electrons. The molecule has 0 unspecified atom stereocenters. The van der Waals surface area contributed by atoms with Crippen LogP contribution >= 0.6 is 11.3 Å². The third kappa shape index (κ3) is 3.12. The number of aromatic nitrogens is 1. The molecule has 1 heterocycles. The summed E-state index contributed by atoms with van der Waals surface area (Å²) in [5, 5.41) is 0. The third-order valence-electron chi connectivity index (χ3n) is 4.03. The number of aryl methyl sites for hydroxylation is 3. The van der Waals surface area contributed by atoms with Crippen molar-refractivity contribution < 1.29 is 9.53 Å². The smallest absolute Gasteiger partial charge is 0.279 e. The van der Waals surface area contributed by atoms with Crippen LogP contribution in [0.4, 0.5) is 0 Å². The minimum absolute atomic E-state index is 0.242. The summed E-state index contributed by atoms with van der Waals surface area (Å²) in [5.74, 6) is 0.515. The Kier molecular flexibility index (Phi) is 4.53. The maximum absolute atomic E-state index is 12.4. The molecule has 1 amide bonds. The zero-order valence-electron chi connectivity index (χ0n) is 14.3. The van der Waals surface area contributed by atoms with Gasteiger partial charge >= 0.3 is 0 Å². The molecule has 0 atom stereocenters. The summed E-state index contributed by atoms with van der Waals surface area (Å²) in [7, 11) is 1.94. The fraction of sp³-hybridized carbons (Fsp3) is 0.263. The van der Waals surface area contributed by atoms with E-state index in [1.165, 1.54) is 22.5 Å². The fourth-order valence-electron chi connectivity index (χ4n) is 2.50. The van der Waals surface area contributed by atoms with E-state index >= 15 is 0 Å². The zero-order chi connectivity index (χ0) is 17.3. The van der Waals surface area contributed by atoms with E-state index in [1.807, 2.05) is 18.5 Å². The number of amides is 1. The number of thiazole rings is 1. The minimum atomic E-state index is -0.242. The van der Waals surface area contributed by atoms with Crippen molar-refractivity contribution in [3.8, 4) is 5.75 Å². The second kappa shape index (κ2) is 6.61. The number of ether oxygens (including phenoxy) is 1. The van der Waals surface area contributed by atoms with Gasteiger partial charge < -0.3 is 9.30 Å².